The van der Waals surface area contributed by atoms with E-state index in [0.29, 0.717) is 12.0 Å². The molecule has 0 spiro atoms. The number of hydrogen-bond donors (Lipinski definition) is 1. The Morgan fingerprint density at radius 1 is 1.33 bits per heavy atom. The topological polar surface area (TPSA) is 64.9 Å². The van der Waals surface area contributed by atoms with E-state index in [4.69, 9.17) is 4.74 Å². The highest BCUT2D eigenvalue weighted by molar-refractivity contribution is 4.92. The average molecular weight is 253 g/mol. The maximum absolute atomic E-state index is 5.38. The lowest BCUT2D eigenvalue weighted by Crippen LogP contribution is -2.29. The zero-order chi connectivity index (χ0) is 13.0. The van der Waals surface area contributed by atoms with Crippen molar-refractivity contribution in [2.75, 3.05) is 19.8 Å². The van der Waals surface area contributed by atoms with Crippen LogP contribution in [0.4, 0.5) is 0 Å². The molecule has 0 amide bonds. The first-order valence-electron chi connectivity index (χ1n) is 6.77. The Bertz CT molecular complexity index is 359. The molecule has 1 aromatic heterocycles. The molecule has 1 N–H and O–H groups in total. The second-order valence-corrected chi connectivity index (χ2v) is 5.35. The van der Waals surface area contributed by atoms with Crippen LogP contribution < -0.4 is 5.32 Å². The number of ether oxygens (including phenoxy) is 1. The Balaban J connectivity index is 2.01. The van der Waals surface area contributed by atoms with Crippen LogP contribution in [0.15, 0.2) is 0 Å². The summed E-state index contributed by atoms with van der Waals surface area (Å²) in [5.41, 5.74) is 0. The Kier molecular flexibility index (Phi) is 4.66. The van der Waals surface area contributed by atoms with E-state index in [1.165, 1.54) is 0 Å². The van der Waals surface area contributed by atoms with Crippen molar-refractivity contribution in [1.29, 1.82) is 0 Å². The van der Waals surface area contributed by atoms with Crippen LogP contribution in [0.25, 0.3) is 0 Å². The molecule has 1 fully saturated rings. The van der Waals surface area contributed by atoms with Gasteiger partial charge in [-0.3, -0.25) is 0 Å². The van der Waals surface area contributed by atoms with Crippen LogP contribution in [0.3, 0.4) is 0 Å². The normalized spacial score (nSPS) is 19.3. The van der Waals surface area contributed by atoms with Crippen molar-refractivity contribution >= 4 is 0 Å². The minimum Gasteiger partial charge on any atom is -0.381 e. The van der Waals surface area contributed by atoms with E-state index in [0.717, 1.165) is 38.4 Å². The molecule has 2 rings (SSSR count). The van der Waals surface area contributed by atoms with Gasteiger partial charge in [-0.1, -0.05) is 13.8 Å². The molecule has 1 saturated heterocycles. The second-order valence-electron chi connectivity index (χ2n) is 5.35. The van der Waals surface area contributed by atoms with Gasteiger partial charge in [0.1, 0.15) is 0 Å². The summed E-state index contributed by atoms with van der Waals surface area (Å²) in [6.07, 6.45) is 1.99. The van der Waals surface area contributed by atoms with Crippen LogP contribution in [0.2, 0.25) is 0 Å². The van der Waals surface area contributed by atoms with Crippen molar-refractivity contribution in [1.82, 2.24) is 25.5 Å². The molecule has 102 valence electrons. The maximum atomic E-state index is 5.38. The molecule has 1 aliphatic rings. The molecule has 0 aromatic carbocycles. The van der Waals surface area contributed by atoms with Gasteiger partial charge in [-0.05, 0) is 42.7 Å². The fraction of sp³-hybridized carbons (Fsp3) is 0.917. The van der Waals surface area contributed by atoms with Gasteiger partial charge in [0.15, 0.2) is 5.82 Å². The largest absolute Gasteiger partial charge is 0.381 e. The molecule has 0 radical (unpaired) electrons. The van der Waals surface area contributed by atoms with E-state index in [2.05, 4.69) is 41.6 Å². The quantitative estimate of drug-likeness (QED) is 0.857. The smallest absolute Gasteiger partial charge is 0.168 e. The van der Waals surface area contributed by atoms with Gasteiger partial charge < -0.3 is 10.1 Å². The Morgan fingerprint density at radius 3 is 2.72 bits per heavy atom. The molecule has 0 bridgehead atoms. The summed E-state index contributed by atoms with van der Waals surface area (Å²) in [7, 11) is 0. The van der Waals surface area contributed by atoms with Crippen LogP contribution in [0.5, 0.6) is 0 Å². The van der Waals surface area contributed by atoms with E-state index in [1.807, 2.05) is 4.68 Å². The molecule has 1 aromatic rings. The summed E-state index contributed by atoms with van der Waals surface area (Å²) in [5, 5.41) is 15.6. The summed E-state index contributed by atoms with van der Waals surface area (Å²) in [4.78, 5) is 0. The van der Waals surface area contributed by atoms with Gasteiger partial charge in [-0.15, -0.1) is 5.10 Å². The van der Waals surface area contributed by atoms with Gasteiger partial charge in [0.25, 0.3) is 0 Å². The minimum atomic E-state index is 0.185. The highest BCUT2D eigenvalue weighted by atomic mass is 16.5. The average Bonchev–Trinajstić information content (AvgIpc) is 2.86. The van der Waals surface area contributed by atoms with E-state index in [1.54, 1.807) is 0 Å². The van der Waals surface area contributed by atoms with Crippen LogP contribution in [-0.2, 0) is 4.74 Å². The third kappa shape index (κ3) is 3.26. The number of aromatic nitrogens is 4. The molecular weight excluding hydrogens is 230 g/mol. The molecule has 18 heavy (non-hydrogen) atoms. The van der Waals surface area contributed by atoms with Crippen LogP contribution in [0.1, 0.15) is 51.5 Å². The van der Waals surface area contributed by atoms with Gasteiger partial charge in [0, 0.05) is 13.2 Å². The zero-order valence-electron chi connectivity index (χ0n) is 11.5. The highest BCUT2D eigenvalue weighted by Gasteiger charge is 2.23. The lowest BCUT2D eigenvalue weighted by molar-refractivity contribution is 0.0643. The summed E-state index contributed by atoms with van der Waals surface area (Å²) < 4.78 is 7.35. The van der Waals surface area contributed by atoms with Crippen molar-refractivity contribution in [3.63, 3.8) is 0 Å². The third-order valence-corrected chi connectivity index (χ3v) is 3.27. The lowest BCUT2D eigenvalue weighted by Gasteiger charge is -2.24. The van der Waals surface area contributed by atoms with Crippen molar-refractivity contribution in [3.05, 3.63) is 5.82 Å². The monoisotopic (exact) mass is 253 g/mol. The van der Waals surface area contributed by atoms with Crippen molar-refractivity contribution in [3.8, 4) is 0 Å². The zero-order valence-corrected chi connectivity index (χ0v) is 11.5. The number of rotatable bonds is 5. The molecule has 0 saturated carbocycles. The highest BCUT2D eigenvalue weighted by Crippen LogP contribution is 2.22. The molecule has 1 aliphatic heterocycles. The van der Waals surface area contributed by atoms with Gasteiger partial charge in [-0.25, -0.2) is 4.68 Å². The van der Waals surface area contributed by atoms with E-state index < -0.39 is 0 Å². The molecule has 6 heteroatoms. The molecule has 1 unspecified atom stereocenters. The SMILES string of the molecule is CC(C)CNC(C)c1nnnn1C1CCOCC1. The lowest BCUT2D eigenvalue weighted by atomic mass is 10.1. The fourth-order valence-electron chi connectivity index (χ4n) is 2.18. The maximum Gasteiger partial charge on any atom is 0.168 e. The first-order valence-corrected chi connectivity index (χ1v) is 6.77. The van der Waals surface area contributed by atoms with Gasteiger partial charge in [0.2, 0.25) is 0 Å². The molecule has 0 aliphatic carbocycles. The predicted octanol–water partition coefficient (Wildman–Crippen LogP) is 1.33. The molecule has 6 nitrogen and oxygen atoms in total. The number of nitrogens with one attached hydrogen (secondary N) is 1. The summed E-state index contributed by atoms with van der Waals surface area (Å²) in [6, 6.07) is 0.567. The standard InChI is InChI=1S/C12H23N5O/c1-9(2)8-13-10(3)12-14-15-16-17(12)11-4-6-18-7-5-11/h9-11,13H,4-8H2,1-3H3. The number of hydrogen-bond acceptors (Lipinski definition) is 5. The first-order chi connectivity index (χ1) is 8.68. The van der Waals surface area contributed by atoms with E-state index in [-0.39, 0.29) is 6.04 Å². The molecular formula is C12H23N5O. The Hall–Kier alpha value is -1.01. The van der Waals surface area contributed by atoms with Crippen molar-refractivity contribution < 1.29 is 4.74 Å². The van der Waals surface area contributed by atoms with Gasteiger partial charge in [0.05, 0.1) is 12.1 Å². The Morgan fingerprint density at radius 2 is 2.06 bits per heavy atom. The Labute approximate surface area is 108 Å². The van der Waals surface area contributed by atoms with Gasteiger partial charge in [-0.2, -0.15) is 0 Å². The number of tetrazole rings is 1. The summed E-state index contributed by atoms with van der Waals surface area (Å²) in [5.74, 6) is 1.56. The fourth-order valence-corrected chi connectivity index (χ4v) is 2.18. The second kappa shape index (κ2) is 6.24. The number of nitrogens with zero attached hydrogens (tertiary/aromatic N) is 4. The van der Waals surface area contributed by atoms with Gasteiger partial charge >= 0.3 is 0 Å². The summed E-state index contributed by atoms with van der Waals surface area (Å²) >= 11 is 0. The first kappa shape index (κ1) is 13.4. The third-order valence-electron chi connectivity index (χ3n) is 3.27. The predicted molar refractivity (Wildman–Crippen MR) is 68.2 cm³/mol. The van der Waals surface area contributed by atoms with Crippen molar-refractivity contribution in [2.45, 2.75) is 45.7 Å². The summed E-state index contributed by atoms with van der Waals surface area (Å²) in [6.45, 7) is 9.09. The van der Waals surface area contributed by atoms with Crippen molar-refractivity contribution in [2.24, 2.45) is 5.92 Å². The molecule has 1 atom stereocenters. The van der Waals surface area contributed by atoms with E-state index in [9.17, 15) is 0 Å². The van der Waals surface area contributed by atoms with E-state index >= 15 is 0 Å². The van der Waals surface area contributed by atoms with Crippen LogP contribution >= 0.6 is 0 Å². The molecule has 2 heterocycles. The van der Waals surface area contributed by atoms with Crippen LogP contribution in [-0.4, -0.2) is 40.0 Å². The minimum absolute atomic E-state index is 0.185. The van der Waals surface area contributed by atoms with Crippen LogP contribution in [0, 0.1) is 5.92 Å².